The Morgan fingerprint density at radius 3 is 2.75 bits per heavy atom. The number of aromatic amines is 1. The monoisotopic (exact) mass is 336 g/mol. The van der Waals surface area contributed by atoms with Crippen molar-refractivity contribution in [2.45, 2.75) is 33.2 Å². The Kier molecular flexibility index (Phi) is 4.89. The first-order valence-electron chi connectivity index (χ1n) is 6.60. The lowest BCUT2D eigenvalue weighted by atomic mass is 10.0. The summed E-state index contributed by atoms with van der Waals surface area (Å²) < 4.78 is 0.948. The molecular weight excluding hydrogens is 320 g/mol. The molecule has 0 unspecified atom stereocenters. The minimum absolute atomic E-state index is 0.137. The molecule has 5 nitrogen and oxygen atoms in total. The number of nitrogens with one attached hydrogen (secondary N) is 2. The van der Waals surface area contributed by atoms with E-state index in [9.17, 15) is 4.79 Å². The first-order valence-corrected chi connectivity index (χ1v) is 7.39. The van der Waals surface area contributed by atoms with Gasteiger partial charge in [0.2, 0.25) is 0 Å². The van der Waals surface area contributed by atoms with Crippen LogP contribution in [0.1, 0.15) is 30.7 Å². The van der Waals surface area contributed by atoms with Gasteiger partial charge < -0.3 is 5.32 Å². The van der Waals surface area contributed by atoms with Gasteiger partial charge >= 0.3 is 0 Å². The normalized spacial score (nSPS) is 10.6. The Bertz CT molecular complexity index is 654. The SMILES string of the molecule is CCc1n[nH]c(=O)c(CNc2cc(Br)ccn2)c1CC. The lowest BCUT2D eigenvalue weighted by Crippen LogP contribution is -2.22. The number of H-pyrrole nitrogens is 1. The number of anilines is 1. The Morgan fingerprint density at radius 1 is 1.30 bits per heavy atom. The number of hydrogen-bond donors (Lipinski definition) is 2. The fourth-order valence-corrected chi connectivity index (χ4v) is 2.48. The molecule has 0 spiro atoms. The fourth-order valence-electron chi connectivity index (χ4n) is 2.14. The van der Waals surface area contributed by atoms with Gasteiger partial charge in [-0.1, -0.05) is 29.8 Å². The molecule has 2 aromatic rings. The van der Waals surface area contributed by atoms with Crippen LogP contribution < -0.4 is 10.9 Å². The van der Waals surface area contributed by atoms with Gasteiger partial charge in [0.25, 0.3) is 5.56 Å². The van der Waals surface area contributed by atoms with Gasteiger partial charge in [0, 0.05) is 22.8 Å². The van der Waals surface area contributed by atoms with Gasteiger partial charge in [0.15, 0.2) is 0 Å². The number of hydrogen-bond acceptors (Lipinski definition) is 4. The molecular formula is C14H17BrN4O. The van der Waals surface area contributed by atoms with Gasteiger partial charge in [0.1, 0.15) is 5.82 Å². The number of nitrogens with zero attached hydrogens (tertiary/aromatic N) is 2. The maximum Gasteiger partial charge on any atom is 0.269 e. The first-order chi connectivity index (χ1) is 9.65. The molecule has 0 radical (unpaired) electrons. The minimum Gasteiger partial charge on any atom is -0.366 e. The van der Waals surface area contributed by atoms with Crippen LogP contribution in [0, 0.1) is 0 Å². The molecule has 2 aromatic heterocycles. The molecule has 0 aromatic carbocycles. The molecule has 2 rings (SSSR count). The van der Waals surface area contributed by atoms with Gasteiger partial charge in [-0.15, -0.1) is 0 Å². The number of aromatic nitrogens is 3. The summed E-state index contributed by atoms with van der Waals surface area (Å²) in [5.41, 5.74) is 2.58. The van der Waals surface area contributed by atoms with Crippen molar-refractivity contribution in [3.8, 4) is 0 Å². The summed E-state index contributed by atoms with van der Waals surface area (Å²) in [7, 11) is 0. The van der Waals surface area contributed by atoms with Gasteiger partial charge in [-0.25, -0.2) is 10.1 Å². The Labute approximate surface area is 126 Å². The van der Waals surface area contributed by atoms with E-state index in [4.69, 9.17) is 0 Å². The van der Waals surface area contributed by atoms with E-state index in [-0.39, 0.29) is 5.56 Å². The number of halogens is 1. The lowest BCUT2D eigenvalue weighted by Gasteiger charge is -2.11. The predicted octanol–water partition coefficient (Wildman–Crippen LogP) is 2.66. The maximum absolute atomic E-state index is 12.0. The molecule has 0 bridgehead atoms. The van der Waals surface area contributed by atoms with E-state index in [1.807, 2.05) is 26.0 Å². The zero-order chi connectivity index (χ0) is 14.5. The van der Waals surface area contributed by atoms with Crippen LogP contribution in [0.3, 0.4) is 0 Å². The molecule has 20 heavy (non-hydrogen) atoms. The van der Waals surface area contributed by atoms with E-state index in [1.165, 1.54) is 0 Å². The molecule has 2 heterocycles. The van der Waals surface area contributed by atoms with Crippen LogP contribution in [0.2, 0.25) is 0 Å². The second-order valence-electron chi connectivity index (χ2n) is 4.38. The van der Waals surface area contributed by atoms with E-state index in [0.717, 1.165) is 40.0 Å². The highest BCUT2D eigenvalue weighted by Gasteiger charge is 2.11. The lowest BCUT2D eigenvalue weighted by molar-refractivity contribution is 0.826. The van der Waals surface area contributed by atoms with Crippen molar-refractivity contribution >= 4 is 21.7 Å². The zero-order valence-electron chi connectivity index (χ0n) is 11.5. The highest BCUT2D eigenvalue weighted by molar-refractivity contribution is 9.10. The molecule has 0 aliphatic rings. The van der Waals surface area contributed by atoms with E-state index in [1.54, 1.807) is 6.20 Å². The molecule has 0 amide bonds. The van der Waals surface area contributed by atoms with Crippen molar-refractivity contribution in [2.24, 2.45) is 0 Å². The van der Waals surface area contributed by atoms with Crippen LogP contribution in [0.15, 0.2) is 27.6 Å². The third-order valence-electron chi connectivity index (χ3n) is 3.14. The molecule has 0 aliphatic heterocycles. The largest absolute Gasteiger partial charge is 0.366 e. The minimum atomic E-state index is -0.137. The zero-order valence-corrected chi connectivity index (χ0v) is 13.1. The van der Waals surface area contributed by atoms with Crippen molar-refractivity contribution in [3.63, 3.8) is 0 Å². The standard InChI is InChI=1S/C14H17BrN4O/c1-3-10-11(14(20)19-18-12(10)4-2)8-17-13-7-9(15)5-6-16-13/h5-7H,3-4,8H2,1-2H3,(H,16,17)(H,19,20). The van der Waals surface area contributed by atoms with Crippen LogP contribution in [-0.4, -0.2) is 15.2 Å². The van der Waals surface area contributed by atoms with Crippen LogP contribution in [-0.2, 0) is 19.4 Å². The van der Waals surface area contributed by atoms with Crippen LogP contribution in [0.25, 0.3) is 0 Å². The molecule has 0 saturated carbocycles. The van der Waals surface area contributed by atoms with Crippen molar-refractivity contribution in [3.05, 3.63) is 50.0 Å². The summed E-state index contributed by atoms with van der Waals surface area (Å²) in [5, 5.41) is 9.86. The van der Waals surface area contributed by atoms with Crippen molar-refractivity contribution in [1.29, 1.82) is 0 Å². The van der Waals surface area contributed by atoms with Crippen LogP contribution in [0.4, 0.5) is 5.82 Å². The molecule has 106 valence electrons. The van der Waals surface area contributed by atoms with E-state index in [0.29, 0.717) is 6.54 Å². The van der Waals surface area contributed by atoms with E-state index >= 15 is 0 Å². The predicted molar refractivity (Wildman–Crippen MR) is 82.9 cm³/mol. The second-order valence-corrected chi connectivity index (χ2v) is 5.29. The highest BCUT2D eigenvalue weighted by atomic mass is 79.9. The van der Waals surface area contributed by atoms with Crippen molar-refractivity contribution < 1.29 is 0 Å². The Hall–Kier alpha value is -1.69. The van der Waals surface area contributed by atoms with Crippen molar-refractivity contribution in [1.82, 2.24) is 15.2 Å². The summed E-state index contributed by atoms with van der Waals surface area (Å²) in [6.45, 7) is 4.51. The smallest absolute Gasteiger partial charge is 0.269 e. The average Bonchev–Trinajstić information content (AvgIpc) is 2.45. The third-order valence-corrected chi connectivity index (χ3v) is 3.63. The quantitative estimate of drug-likeness (QED) is 0.880. The summed E-state index contributed by atoms with van der Waals surface area (Å²) in [4.78, 5) is 16.2. The van der Waals surface area contributed by atoms with Gasteiger partial charge in [-0.3, -0.25) is 4.79 Å². The fraction of sp³-hybridized carbons (Fsp3) is 0.357. The molecule has 0 fully saturated rings. The summed E-state index contributed by atoms with van der Waals surface area (Å²) in [6, 6.07) is 3.73. The van der Waals surface area contributed by atoms with Crippen LogP contribution >= 0.6 is 15.9 Å². The molecule has 0 saturated heterocycles. The third kappa shape index (κ3) is 3.25. The topological polar surface area (TPSA) is 70.7 Å². The van der Waals surface area contributed by atoms with Gasteiger partial charge in [-0.2, -0.15) is 5.10 Å². The Balaban J connectivity index is 2.27. The van der Waals surface area contributed by atoms with E-state index < -0.39 is 0 Å². The average molecular weight is 337 g/mol. The molecule has 0 atom stereocenters. The molecule has 0 aliphatic carbocycles. The molecule has 2 N–H and O–H groups in total. The van der Waals surface area contributed by atoms with E-state index in [2.05, 4.69) is 36.4 Å². The first kappa shape index (κ1) is 14.7. The van der Waals surface area contributed by atoms with Crippen LogP contribution in [0.5, 0.6) is 0 Å². The summed E-state index contributed by atoms with van der Waals surface area (Å²) in [6.07, 6.45) is 3.31. The van der Waals surface area contributed by atoms with Gasteiger partial charge in [-0.05, 0) is 30.5 Å². The van der Waals surface area contributed by atoms with Crippen molar-refractivity contribution in [2.75, 3.05) is 5.32 Å². The highest BCUT2D eigenvalue weighted by Crippen LogP contribution is 2.15. The summed E-state index contributed by atoms with van der Waals surface area (Å²) in [5.74, 6) is 0.732. The number of pyridine rings is 1. The number of aryl methyl sites for hydroxylation is 1. The summed E-state index contributed by atoms with van der Waals surface area (Å²) >= 11 is 3.40. The Morgan fingerprint density at radius 2 is 2.10 bits per heavy atom. The molecule has 6 heteroatoms. The second kappa shape index (κ2) is 6.65. The number of rotatable bonds is 5. The maximum atomic E-state index is 12.0. The van der Waals surface area contributed by atoms with Gasteiger partial charge in [0.05, 0.1) is 5.69 Å².